The van der Waals surface area contributed by atoms with Gasteiger partial charge in [-0.1, -0.05) is 29.3 Å². The number of aliphatic hydroxyl groups is 1. The van der Waals surface area contributed by atoms with Crippen LogP contribution in [0.5, 0.6) is 5.75 Å². The van der Waals surface area contributed by atoms with Gasteiger partial charge in [0.05, 0.1) is 22.7 Å². The van der Waals surface area contributed by atoms with Gasteiger partial charge in [0.15, 0.2) is 0 Å². The summed E-state index contributed by atoms with van der Waals surface area (Å²) < 4.78 is 90.1. The first-order valence-corrected chi connectivity index (χ1v) is 11.3. The van der Waals surface area contributed by atoms with E-state index in [1.165, 1.54) is 37.4 Å². The molecule has 1 atom stereocenters. The summed E-state index contributed by atoms with van der Waals surface area (Å²) >= 11 is 5.77. The van der Waals surface area contributed by atoms with Crippen molar-refractivity contribution < 1.29 is 40.0 Å². The molecule has 0 aliphatic carbocycles. The van der Waals surface area contributed by atoms with Crippen LogP contribution in [0.2, 0.25) is 5.02 Å². The maximum Gasteiger partial charge on any atom is 0.425 e. The number of methoxy groups -OCH3 is 1. The van der Waals surface area contributed by atoms with Crippen LogP contribution in [-0.4, -0.2) is 38.4 Å². The molecule has 0 amide bonds. The van der Waals surface area contributed by atoms with Crippen molar-refractivity contribution in [3.05, 3.63) is 76.7 Å². The molecule has 0 aliphatic heterocycles. The van der Waals surface area contributed by atoms with Crippen LogP contribution in [0.1, 0.15) is 11.3 Å². The second-order valence-corrected chi connectivity index (χ2v) is 9.29. The predicted octanol–water partition coefficient (Wildman–Crippen LogP) is 5.01. The smallest absolute Gasteiger partial charge is 0.425 e. The SMILES string of the molecule is COc1ccc(C(O)(COS(=O)(=O)c2ccc(C)cc2)C(F)(F)F)nc1-c1ccc(F)c(Cl)c1. The molecule has 1 aromatic heterocycles. The molecule has 182 valence electrons. The van der Waals surface area contributed by atoms with Crippen LogP contribution in [-0.2, 0) is 19.9 Å². The Morgan fingerprint density at radius 2 is 1.71 bits per heavy atom. The van der Waals surface area contributed by atoms with Crippen LogP contribution in [0.15, 0.2) is 59.5 Å². The molecule has 6 nitrogen and oxygen atoms in total. The van der Waals surface area contributed by atoms with Crippen molar-refractivity contribution >= 4 is 21.7 Å². The molecule has 0 fully saturated rings. The van der Waals surface area contributed by atoms with Crippen molar-refractivity contribution in [1.29, 1.82) is 0 Å². The van der Waals surface area contributed by atoms with Gasteiger partial charge in [0.25, 0.3) is 10.1 Å². The Kier molecular flexibility index (Phi) is 7.23. The Morgan fingerprint density at radius 3 is 2.26 bits per heavy atom. The lowest BCUT2D eigenvalue weighted by Gasteiger charge is -2.30. The lowest BCUT2D eigenvalue weighted by atomic mass is 9.98. The number of alkyl halides is 3. The maximum atomic E-state index is 14.0. The van der Waals surface area contributed by atoms with Crippen LogP contribution in [0.4, 0.5) is 17.6 Å². The van der Waals surface area contributed by atoms with Gasteiger partial charge in [-0.2, -0.15) is 21.6 Å². The van der Waals surface area contributed by atoms with Gasteiger partial charge in [-0.3, -0.25) is 4.18 Å². The van der Waals surface area contributed by atoms with Gasteiger partial charge >= 0.3 is 6.18 Å². The first kappa shape index (κ1) is 25.9. The molecule has 34 heavy (non-hydrogen) atoms. The summed E-state index contributed by atoms with van der Waals surface area (Å²) in [5.41, 5.74) is -4.14. The Balaban J connectivity index is 2.05. The van der Waals surface area contributed by atoms with Crippen LogP contribution in [0.25, 0.3) is 11.3 Å². The molecule has 0 radical (unpaired) electrons. The average molecular weight is 520 g/mol. The van der Waals surface area contributed by atoms with E-state index in [1.807, 2.05) is 0 Å². The highest BCUT2D eigenvalue weighted by molar-refractivity contribution is 7.86. The van der Waals surface area contributed by atoms with Gasteiger partial charge in [-0.05, 0) is 49.4 Å². The number of aryl methyl sites for hydroxylation is 1. The second-order valence-electron chi connectivity index (χ2n) is 7.26. The Bertz CT molecular complexity index is 1300. The van der Waals surface area contributed by atoms with E-state index in [9.17, 15) is 31.1 Å². The van der Waals surface area contributed by atoms with Crippen LogP contribution in [0.3, 0.4) is 0 Å². The van der Waals surface area contributed by atoms with E-state index < -0.39 is 40.0 Å². The average Bonchev–Trinajstić information content (AvgIpc) is 2.78. The minimum absolute atomic E-state index is 0.00384. The normalized spacial score (nSPS) is 14.0. The van der Waals surface area contributed by atoms with Crippen molar-refractivity contribution in [3.63, 3.8) is 0 Å². The highest BCUT2D eigenvalue weighted by atomic mass is 35.5. The number of hydrogen-bond donors (Lipinski definition) is 1. The summed E-state index contributed by atoms with van der Waals surface area (Å²) in [5.74, 6) is -0.758. The number of halogens is 5. The van der Waals surface area contributed by atoms with Gasteiger partial charge in [0.1, 0.15) is 23.9 Å². The van der Waals surface area contributed by atoms with E-state index in [1.54, 1.807) is 6.92 Å². The molecule has 3 rings (SSSR count). The molecule has 12 heteroatoms. The molecule has 0 saturated carbocycles. The van der Waals surface area contributed by atoms with E-state index in [4.69, 9.17) is 16.3 Å². The Hall–Kier alpha value is -2.73. The van der Waals surface area contributed by atoms with E-state index in [0.717, 1.165) is 29.8 Å². The summed E-state index contributed by atoms with van der Waals surface area (Å²) in [7, 11) is -3.40. The van der Waals surface area contributed by atoms with E-state index in [0.29, 0.717) is 0 Å². The number of ether oxygens (including phenoxy) is 1. The van der Waals surface area contributed by atoms with Crippen molar-refractivity contribution in [3.8, 4) is 17.0 Å². The molecule has 1 heterocycles. The van der Waals surface area contributed by atoms with Crippen molar-refractivity contribution in [2.75, 3.05) is 13.7 Å². The molecule has 3 aromatic rings. The van der Waals surface area contributed by atoms with Gasteiger partial charge in [-0.25, -0.2) is 9.37 Å². The topological polar surface area (TPSA) is 85.7 Å². The first-order valence-electron chi connectivity index (χ1n) is 9.54. The maximum absolute atomic E-state index is 14.0. The van der Waals surface area contributed by atoms with E-state index in [2.05, 4.69) is 9.17 Å². The summed E-state index contributed by atoms with van der Waals surface area (Å²) in [4.78, 5) is 3.47. The zero-order chi connectivity index (χ0) is 25.3. The number of benzene rings is 2. The first-order chi connectivity index (χ1) is 15.8. The molecular formula is C22H18ClF4NO5S. The quantitative estimate of drug-likeness (QED) is 0.349. The summed E-state index contributed by atoms with van der Waals surface area (Å²) in [6.45, 7) is -0.00343. The van der Waals surface area contributed by atoms with Crippen LogP contribution < -0.4 is 4.74 Å². The lowest BCUT2D eigenvalue weighted by Crippen LogP contribution is -2.47. The number of aromatic nitrogens is 1. The molecule has 1 unspecified atom stereocenters. The van der Waals surface area contributed by atoms with Crippen LogP contribution in [0, 0.1) is 12.7 Å². The third-order valence-electron chi connectivity index (χ3n) is 4.90. The monoisotopic (exact) mass is 519 g/mol. The molecule has 0 saturated heterocycles. The number of rotatable bonds is 7. The summed E-state index contributed by atoms with van der Waals surface area (Å²) in [6.07, 6.45) is -5.38. The second kappa shape index (κ2) is 9.49. The molecule has 0 spiro atoms. The van der Waals surface area contributed by atoms with Gasteiger partial charge < -0.3 is 9.84 Å². The van der Waals surface area contributed by atoms with Gasteiger partial charge in [-0.15, -0.1) is 0 Å². The van der Waals surface area contributed by atoms with E-state index >= 15 is 0 Å². The van der Waals surface area contributed by atoms with Crippen molar-refractivity contribution in [2.45, 2.75) is 23.6 Å². The van der Waals surface area contributed by atoms with Crippen molar-refractivity contribution in [2.24, 2.45) is 0 Å². The fraction of sp³-hybridized carbons (Fsp3) is 0.227. The number of pyridine rings is 1. The minimum atomic E-state index is -5.38. The predicted molar refractivity (Wildman–Crippen MR) is 115 cm³/mol. The third kappa shape index (κ3) is 5.17. The number of hydrogen-bond acceptors (Lipinski definition) is 6. The van der Waals surface area contributed by atoms with Gasteiger partial charge in [0.2, 0.25) is 5.60 Å². The fourth-order valence-electron chi connectivity index (χ4n) is 2.93. The highest BCUT2D eigenvalue weighted by Gasteiger charge is 2.57. The lowest BCUT2D eigenvalue weighted by molar-refractivity contribution is -0.276. The molecule has 0 aliphatic rings. The van der Waals surface area contributed by atoms with E-state index in [-0.39, 0.29) is 26.9 Å². The zero-order valence-electron chi connectivity index (χ0n) is 17.7. The summed E-state index contributed by atoms with van der Waals surface area (Å²) in [5, 5.41) is 10.3. The largest absolute Gasteiger partial charge is 0.494 e. The molecular weight excluding hydrogens is 502 g/mol. The minimum Gasteiger partial charge on any atom is -0.494 e. The van der Waals surface area contributed by atoms with Crippen LogP contribution >= 0.6 is 11.6 Å². The molecule has 1 N–H and O–H groups in total. The molecule has 2 aromatic carbocycles. The van der Waals surface area contributed by atoms with Crippen molar-refractivity contribution in [1.82, 2.24) is 4.98 Å². The zero-order valence-corrected chi connectivity index (χ0v) is 19.3. The Morgan fingerprint density at radius 1 is 1.06 bits per heavy atom. The highest BCUT2D eigenvalue weighted by Crippen LogP contribution is 2.41. The third-order valence-corrected chi connectivity index (χ3v) is 6.46. The number of nitrogens with zero attached hydrogens (tertiary/aromatic N) is 1. The van der Waals surface area contributed by atoms with Gasteiger partial charge in [0, 0.05) is 5.56 Å². The summed E-state index contributed by atoms with van der Waals surface area (Å²) in [6, 6.07) is 10.5. The Labute approximate surface area is 197 Å². The fourth-order valence-corrected chi connectivity index (χ4v) is 4.04. The standard InChI is InChI=1S/C22H18ClF4NO5S/c1-13-3-6-15(7-4-13)34(30,31)33-12-21(29,22(25,26)27)19-10-9-18(32-2)20(28-19)14-5-8-17(24)16(23)11-14/h3-11,29H,12H2,1-2H3. The molecule has 0 bridgehead atoms.